The largest absolute Gasteiger partial charge is 0.273 e. The third-order valence-corrected chi connectivity index (χ3v) is 5.89. The average Bonchev–Trinajstić information content (AvgIpc) is 2.83. The van der Waals surface area contributed by atoms with Crippen molar-refractivity contribution in [3.8, 4) is 0 Å². The van der Waals surface area contributed by atoms with Crippen LogP contribution in [0.15, 0.2) is 22.7 Å². The highest BCUT2D eigenvalue weighted by molar-refractivity contribution is 7.94. The Hall–Kier alpha value is -0.890. The van der Waals surface area contributed by atoms with Crippen molar-refractivity contribution in [2.45, 2.75) is 17.6 Å². The van der Waals surface area contributed by atoms with Crippen molar-refractivity contribution >= 4 is 50.2 Å². The Labute approximate surface area is 124 Å². The first-order valence-corrected chi connectivity index (χ1v) is 8.27. The molecule has 0 spiro atoms. The van der Waals surface area contributed by atoms with Crippen LogP contribution in [-0.4, -0.2) is 18.4 Å². The lowest BCUT2D eigenvalue weighted by Crippen LogP contribution is -2.13. The van der Waals surface area contributed by atoms with E-state index in [9.17, 15) is 8.42 Å². The van der Waals surface area contributed by atoms with Gasteiger partial charge >= 0.3 is 0 Å². The molecule has 0 bridgehead atoms. The van der Waals surface area contributed by atoms with Crippen LogP contribution in [0.25, 0.3) is 0 Å². The number of sulfonamides is 1. The Morgan fingerprint density at radius 1 is 1.26 bits per heavy atom. The van der Waals surface area contributed by atoms with Crippen LogP contribution >= 0.6 is 34.5 Å². The summed E-state index contributed by atoms with van der Waals surface area (Å²) in [6.45, 7) is 1.95. The Kier molecular flexibility index (Phi) is 4.29. The van der Waals surface area contributed by atoms with Gasteiger partial charge < -0.3 is 0 Å². The molecule has 0 aliphatic carbocycles. The molecule has 0 radical (unpaired) electrons. The zero-order valence-electron chi connectivity index (χ0n) is 9.72. The van der Waals surface area contributed by atoms with Crippen molar-refractivity contribution in [3.63, 3.8) is 0 Å². The molecule has 0 unspecified atom stereocenters. The van der Waals surface area contributed by atoms with Gasteiger partial charge in [0, 0.05) is 4.88 Å². The number of anilines is 1. The van der Waals surface area contributed by atoms with Crippen LogP contribution in [0, 0.1) is 0 Å². The van der Waals surface area contributed by atoms with E-state index in [0.29, 0.717) is 0 Å². The number of hydrogen-bond acceptors (Lipinski definition) is 5. The highest BCUT2D eigenvalue weighted by Gasteiger charge is 2.20. The van der Waals surface area contributed by atoms with Gasteiger partial charge in [-0.1, -0.05) is 30.1 Å². The minimum absolute atomic E-state index is 0.0164. The number of thiophene rings is 1. The van der Waals surface area contributed by atoms with Crippen LogP contribution in [0.3, 0.4) is 0 Å². The standard InChI is InChI=1S/C10H9Cl2N3O2S2/c1-2-6-3-4-7(18-6)19(16,17)15-8-9(11)13-5-14-10(8)12/h3-5,15H,2H2,1H3. The van der Waals surface area contributed by atoms with Crippen molar-refractivity contribution in [1.82, 2.24) is 9.97 Å². The molecule has 0 amide bonds. The second-order valence-corrected chi connectivity index (χ2v) is 7.30. The lowest BCUT2D eigenvalue weighted by atomic mass is 10.4. The summed E-state index contributed by atoms with van der Waals surface area (Å²) in [4.78, 5) is 8.34. The summed E-state index contributed by atoms with van der Waals surface area (Å²) >= 11 is 12.8. The van der Waals surface area contributed by atoms with Gasteiger partial charge in [-0.3, -0.25) is 4.72 Å². The average molecular weight is 338 g/mol. The summed E-state index contributed by atoms with van der Waals surface area (Å²) in [6, 6.07) is 3.31. The van der Waals surface area contributed by atoms with Crippen LogP contribution < -0.4 is 4.72 Å². The molecule has 0 saturated heterocycles. The van der Waals surface area contributed by atoms with E-state index in [4.69, 9.17) is 23.2 Å². The van der Waals surface area contributed by atoms with Crippen LogP contribution in [0.1, 0.15) is 11.8 Å². The molecule has 0 saturated carbocycles. The summed E-state index contributed by atoms with van der Waals surface area (Å²) in [5.74, 6) is 0. The summed E-state index contributed by atoms with van der Waals surface area (Å²) < 4.78 is 26.8. The summed E-state index contributed by atoms with van der Waals surface area (Å²) in [7, 11) is -3.73. The first-order chi connectivity index (χ1) is 8.94. The van der Waals surface area contributed by atoms with Crippen LogP contribution in [0.5, 0.6) is 0 Å². The van der Waals surface area contributed by atoms with Gasteiger partial charge in [0.05, 0.1) is 0 Å². The van der Waals surface area contributed by atoms with Crippen molar-refractivity contribution < 1.29 is 8.42 Å². The number of rotatable bonds is 4. The molecule has 0 aliphatic heterocycles. The quantitative estimate of drug-likeness (QED) is 0.869. The van der Waals surface area contributed by atoms with Gasteiger partial charge in [-0.25, -0.2) is 18.4 Å². The van der Waals surface area contributed by atoms with E-state index in [1.807, 2.05) is 6.92 Å². The van der Waals surface area contributed by atoms with Crippen LogP contribution in [-0.2, 0) is 16.4 Å². The minimum Gasteiger partial charge on any atom is -0.273 e. The molecule has 2 heterocycles. The van der Waals surface area contributed by atoms with E-state index in [-0.39, 0.29) is 20.2 Å². The molecule has 0 fully saturated rings. The molecule has 2 aromatic rings. The normalized spacial score (nSPS) is 11.5. The summed E-state index contributed by atoms with van der Waals surface area (Å²) in [5.41, 5.74) is -0.0164. The lowest BCUT2D eigenvalue weighted by Gasteiger charge is -2.08. The van der Waals surface area contributed by atoms with Gasteiger partial charge in [-0.05, 0) is 18.6 Å². The predicted octanol–water partition coefficient (Wildman–Crippen LogP) is 3.21. The Balaban J connectivity index is 2.36. The monoisotopic (exact) mass is 337 g/mol. The first kappa shape index (κ1) is 14.5. The van der Waals surface area contributed by atoms with E-state index in [1.165, 1.54) is 17.4 Å². The second kappa shape index (κ2) is 5.62. The van der Waals surface area contributed by atoms with E-state index in [1.54, 1.807) is 6.07 Å². The number of hydrogen-bond donors (Lipinski definition) is 1. The minimum atomic E-state index is -3.73. The topological polar surface area (TPSA) is 72.0 Å². The third-order valence-electron chi connectivity index (χ3n) is 2.24. The molecule has 0 aromatic carbocycles. The molecular formula is C10H9Cl2N3O2S2. The van der Waals surface area contributed by atoms with Crippen molar-refractivity contribution in [3.05, 3.63) is 33.6 Å². The molecule has 19 heavy (non-hydrogen) atoms. The Morgan fingerprint density at radius 3 is 2.42 bits per heavy atom. The molecule has 5 nitrogen and oxygen atoms in total. The third kappa shape index (κ3) is 3.17. The lowest BCUT2D eigenvalue weighted by molar-refractivity contribution is 0.603. The second-order valence-electron chi connectivity index (χ2n) is 3.51. The first-order valence-electron chi connectivity index (χ1n) is 5.21. The van der Waals surface area contributed by atoms with Gasteiger partial charge in [0.25, 0.3) is 10.0 Å². The van der Waals surface area contributed by atoms with Crippen LogP contribution in [0.4, 0.5) is 5.69 Å². The SMILES string of the molecule is CCc1ccc(S(=O)(=O)Nc2c(Cl)ncnc2Cl)s1. The maximum Gasteiger partial charge on any atom is 0.271 e. The van der Waals surface area contributed by atoms with E-state index < -0.39 is 10.0 Å². The molecule has 1 N–H and O–H groups in total. The molecular weight excluding hydrogens is 329 g/mol. The number of nitrogens with zero attached hydrogens (tertiary/aromatic N) is 2. The van der Waals surface area contributed by atoms with Crippen molar-refractivity contribution in [2.75, 3.05) is 4.72 Å². The maximum absolute atomic E-state index is 12.2. The molecule has 2 rings (SSSR count). The number of aryl methyl sites for hydroxylation is 1. The maximum atomic E-state index is 12.2. The van der Waals surface area contributed by atoms with E-state index >= 15 is 0 Å². The molecule has 0 aliphatic rings. The van der Waals surface area contributed by atoms with Gasteiger partial charge in [0.1, 0.15) is 16.2 Å². The highest BCUT2D eigenvalue weighted by atomic mass is 35.5. The van der Waals surface area contributed by atoms with Gasteiger partial charge in [-0.15, -0.1) is 11.3 Å². The number of halogens is 2. The molecule has 102 valence electrons. The fraction of sp³-hybridized carbons (Fsp3) is 0.200. The fourth-order valence-electron chi connectivity index (χ4n) is 1.31. The van der Waals surface area contributed by atoms with Crippen molar-refractivity contribution in [1.29, 1.82) is 0 Å². The summed E-state index contributed by atoms with van der Waals surface area (Å²) in [5, 5.41) is -0.0910. The number of aromatic nitrogens is 2. The van der Waals surface area contributed by atoms with E-state index in [2.05, 4.69) is 14.7 Å². The number of nitrogens with one attached hydrogen (secondary N) is 1. The van der Waals surface area contributed by atoms with E-state index in [0.717, 1.165) is 17.6 Å². The smallest absolute Gasteiger partial charge is 0.271 e. The zero-order valence-corrected chi connectivity index (χ0v) is 12.9. The fourth-order valence-corrected chi connectivity index (χ4v) is 4.20. The summed E-state index contributed by atoms with van der Waals surface area (Å²) in [6.07, 6.45) is 1.93. The van der Waals surface area contributed by atoms with Crippen molar-refractivity contribution in [2.24, 2.45) is 0 Å². The Bertz CT molecular complexity index is 680. The van der Waals surface area contributed by atoms with Gasteiger partial charge in [0.15, 0.2) is 10.3 Å². The molecule has 2 aromatic heterocycles. The molecule has 0 atom stereocenters. The Morgan fingerprint density at radius 2 is 1.89 bits per heavy atom. The van der Waals surface area contributed by atoms with Gasteiger partial charge in [0.2, 0.25) is 0 Å². The van der Waals surface area contributed by atoms with Gasteiger partial charge in [-0.2, -0.15) is 0 Å². The molecule has 9 heteroatoms. The predicted molar refractivity (Wildman–Crippen MR) is 76.6 cm³/mol. The zero-order chi connectivity index (χ0) is 14.0. The van der Waals surface area contributed by atoms with Crippen LogP contribution in [0.2, 0.25) is 10.3 Å². The highest BCUT2D eigenvalue weighted by Crippen LogP contribution is 2.30.